The van der Waals surface area contributed by atoms with Crippen molar-refractivity contribution in [2.24, 2.45) is 5.92 Å². The number of aromatic nitrogens is 1. The maximum Gasteiger partial charge on any atom is 0.237 e. The molecule has 1 aromatic heterocycles. The van der Waals surface area contributed by atoms with Crippen LogP contribution in [0.4, 0.5) is 0 Å². The molecule has 0 aliphatic carbocycles. The number of ether oxygens (including phenoxy) is 1. The number of nitrogens with one attached hydrogen (secondary N) is 1. The number of amides is 1. The largest absolute Gasteiger partial charge is 0.389 e. The van der Waals surface area contributed by atoms with Crippen LogP contribution in [-0.4, -0.2) is 70.8 Å². The van der Waals surface area contributed by atoms with Crippen LogP contribution >= 0.6 is 0 Å². The van der Waals surface area contributed by atoms with Gasteiger partial charge in [-0.3, -0.25) is 9.69 Å². The molecule has 6 heteroatoms. The number of hydrogen-bond acceptors (Lipinski definition) is 4. The van der Waals surface area contributed by atoms with Gasteiger partial charge >= 0.3 is 0 Å². The molecule has 0 saturated carbocycles. The fourth-order valence-electron chi connectivity index (χ4n) is 4.88. The summed E-state index contributed by atoms with van der Waals surface area (Å²) in [6.45, 7) is 17.7. The SMILES string of the molecule is CC(C)CN(CC(=O)N(CCc1c[nH]c2ccccc12)Cc1ccc(C(C)(C)C)cc1)C[C@@H](O)COC(C)C. The summed E-state index contributed by atoms with van der Waals surface area (Å²) in [4.78, 5) is 21.2. The number of aliphatic hydroxyl groups excluding tert-OH is 1. The van der Waals surface area contributed by atoms with Crippen LogP contribution in [0.2, 0.25) is 0 Å². The third-order valence-corrected chi connectivity index (χ3v) is 6.95. The molecule has 1 amide bonds. The van der Waals surface area contributed by atoms with Crippen LogP contribution < -0.4 is 0 Å². The summed E-state index contributed by atoms with van der Waals surface area (Å²) in [5.41, 5.74) is 4.82. The highest BCUT2D eigenvalue weighted by molar-refractivity contribution is 5.83. The Labute approximate surface area is 235 Å². The first-order valence-corrected chi connectivity index (χ1v) is 14.4. The molecule has 0 aliphatic rings. The van der Waals surface area contributed by atoms with E-state index in [9.17, 15) is 9.90 Å². The van der Waals surface area contributed by atoms with Gasteiger partial charge in [-0.15, -0.1) is 0 Å². The number of rotatable bonds is 14. The van der Waals surface area contributed by atoms with E-state index in [0.29, 0.717) is 25.6 Å². The van der Waals surface area contributed by atoms with E-state index in [1.54, 1.807) is 0 Å². The zero-order chi connectivity index (χ0) is 28.6. The number of hydrogen-bond donors (Lipinski definition) is 2. The molecule has 0 fully saturated rings. The minimum Gasteiger partial charge on any atom is -0.389 e. The molecule has 39 heavy (non-hydrogen) atoms. The van der Waals surface area contributed by atoms with Gasteiger partial charge in [0.2, 0.25) is 5.91 Å². The molecular weight excluding hydrogens is 486 g/mol. The standard InChI is InChI=1S/C33H49N3O3/c1-24(2)19-35(21-29(37)23-39-25(3)4)22-32(38)36(20-26-12-14-28(15-13-26)33(5,6)7)17-16-27-18-34-31-11-9-8-10-30(27)31/h8-15,18,24-25,29,34,37H,16-17,19-23H2,1-7H3/t29-/m1/s1. The molecule has 3 rings (SSSR count). The van der Waals surface area contributed by atoms with Gasteiger partial charge < -0.3 is 19.7 Å². The highest BCUT2D eigenvalue weighted by Crippen LogP contribution is 2.23. The summed E-state index contributed by atoms with van der Waals surface area (Å²) in [6.07, 6.45) is 2.25. The first kappa shape index (κ1) is 30.9. The summed E-state index contributed by atoms with van der Waals surface area (Å²) >= 11 is 0. The average molecular weight is 536 g/mol. The van der Waals surface area contributed by atoms with E-state index in [4.69, 9.17) is 4.74 Å². The molecule has 6 nitrogen and oxygen atoms in total. The number of fused-ring (bicyclic) bond motifs is 1. The summed E-state index contributed by atoms with van der Waals surface area (Å²) < 4.78 is 5.61. The lowest BCUT2D eigenvalue weighted by atomic mass is 9.87. The second-order valence-corrected chi connectivity index (χ2v) is 12.5. The van der Waals surface area contributed by atoms with E-state index in [-0.39, 0.29) is 30.6 Å². The zero-order valence-corrected chi connectivity index (χ0v) is 25.0. The van der Waals surface area contributed by atoms with Crippen LogP contribution in [0.15, 0.2) is 54.7 Å². The van der Waals surface area contributed by atoms with E-state index in [2.05, 4.69) is 93.2 Å². The van der Waals surface area contributed by atoms with Crippen LogP contribution in [0.1, 0.15) is 65.2 Å². The Morgan fingerprint density at radius 3 is 2.33 bits per heavy atom. The molecule has 0 bridgehead atoms. The van der Waals surface area contributed by atoms with Gasteiger partial charge in [-0.1, -0.05) is 77.1 Å². The molecule has 2 aromatic carbocycles. The van der Waals surface area contributed by atoms with Crippen LogP contribution in [-0.2, 0) is 27.9 Å². The molecular formula is C33H49N3O3. The van der Waals surface area contributed by atoms with Crippen molar-refractivity contribution in [1.29, 1.82) is 0 Å². The monoisotopic (exact) mass is 535 g/mol. The molecule has 0 aliphatic heterocycles. The van der Waals surface area contributed by atoms with Gasteiger partial charge in [-0.05, 0) is 54.4 Å². The molecule has 3 aromatic rings. The Morgan fingerprint density at radius 2 is 1.69 bits per heavy atom. The topological polar surface area (TPSA) is 68.8 Å². The number of nitrogens with zero attached hydrogens (tertiary/aromatic N) is 2. The maximum atomic E-state index is 13.8. The lowest BCUT2D eigenvalue weighted by Gasteiger charge is -2.30. The normalized spacial score (nSPS) is 13.1. The second kappa shape index (κ2) is 14.1. The zero-order valence-electron chi connectivity index (χ0n) is 25.0. The fraction of sp³-hybridized carbons (Fsp3) is 0.545. The molecule has 0 spiro atoms. The van der Waals surface area contributed by atoms with Crippen molar-refractivity contribution in [2.75, 3.05) is 32.8 Å². The highest BCUT2D eigenvalue weighted by Gasteiger charge is 2.22. The van der Waals surface area contributed by atoms with Crippen molar-refractivity contribution in [3.63, 3.8) is 0 Å². The predicted octanol–water partition coefficient (Wildman–Crippen LogP) is 5.78. The van der Waals surface area contributed by atoms with Gasteiger partial charge in [-0.2, -0.15) is 0 Å². The van der Waals surface area contributed by atoms with E-state index in [1.807, 2.05) is 24.8 Å². The summed E-state index contributed by atoms with van der Waals surface area (Å²) in [6, 6.07) is 16.9. The molecule has 0 unspecified atom stereocenters. The van der Waals surface area contributed by atoms with Crippen LogP contribution in [0.3, 0.4) is 0 Å². The number of aromatic amines is 1. The van der Waals surface area contributed by atoms with E-state index < -0.39 is 6.10 Å². The van der Waals surface area contributed by atoms with Crippen LogP contribution in [0.5, 0.6) is 0 Å². The van der Waals surface area contributed by atoms with Gasteiger partial charge in [0.05, 0.1) is 25.4 Å². The van der Waals surface area contributed by atoms with E-state index in [0.717, 1.165) is 24.0 Å². The minimum absolute atomic E-state index is 0.0597. The third kappa shape index (κ3) is 9.79. The van der Waals surface area contributed by atoms with Gasteiger partial charge in [0.25, 0.3) is 0 Å². The Hall–Kier alpha value is -2.67. The van der Waals surface area contributed by atoms with Crippen LogP contribution in [0, 0.1) is 5.92 Å². The Kier molecular flexibility index (Phi) is 11.2. The lowest BCUT2D eigenvalue weighted by Crippen LogP contribution is -2.45. The smallest absolute Gasteiger partial charge is 0.237 e. The predicted molar refractivity (Wildman–Crippen MR) is 161 cm³/mol. The number of benzene rings is 2. The van der Waals surface area contributed by atoms with Crippen LogP contribution in [0.25, 0.3) is 10.9 Å². The number of carbonyl (C=O) groups excluding carboxylic acids is 1. The molecule has 214 valence electrons. The highest BCUT2D eigenvalue weighted by atomic mass is 16.5. The lowest BCUT2D eigenvalue weighted by molar-refractivity contribution is -0.133. The molecule has 0 radical (unpaired) electrons. The van der Waals surface area contributed by atoms with Crippen molar-refractivity contribution in [1.82, 2.24) is 14.8 Å². The van der Waals surface area contributed by atoms with E-state index in [1.165, 1.54) is 16.5 Å². The summed E-state index contributed by atoms with van der Waals surface area (Å²) in [7, 11) is 0. The molecule has 1 atom stereocenters. The van der Waals surface area contributed by atoms with E-state index >= 15 is 0 Å². The van der Waals surface area contributed by atoms with Crippen molar-refractivity contribution in [3.8, 4) is 0 Å². The molecule has 2 N–H and O–H groups in total. The first-order valence-electron chi connectivity index (χ1n) is 14.4. The summed E-state index contributed by atoms with van der Waals surface area (Å²) in [5.74, 6) is 0.452. The van der Waals surface area contributed by atoms with Gasteiger partial charge in [0.1, 0.15) is 0 Å². The maximum absolute atomic E-state index is 13.8. The Balaban J connectivity index is 1.76. The number of H-pyrrole nitrogens is 1. The summed E-state index contributed by atoms with van der Waals surface area (Å²) in [5, 5.41) is 11.8. The Bertz CT molecular complexity index is 1160. The minimum atomic E-state index is -0.636. The number of aliphatic hydroxyl groups is 1. The quantitative estimate of drug-likeness (QED) is 0.275. The number of carbonyl (C=O) groups is 1. The van der Waals surface area contributed by atoms with Crippen molar-refractivity contribution < 1.29 is 14.6 Å². The van der Waals surface area contributed by atoms with Gasteiger partial charge in [0.15, 0.2) is 0 Å². The van der Waals surface area contributed by atoms with Crippen molar-refractivity contribution in [3.05, 3.63) is 71.4 Å². The van der Waals surface area contributed by atoms with Crippen molar-refractivity contribution in [2.45, 2.75) is 79.1 Å². The average Bonchev–Trinajstić information content (AvgIpc) is 3.27. The van der Waals surface area contributed by atoms with Gasteiger partial charge in [0, 0.05) is 43.3 Å². The molecule has 0 saturated heterocycles. The fourth-order valence-corrected chi connectivity index (χ4v) is 4.88. The second-order valence-electron chi connectivity index (χ2n) is 12.5. The van der Waals surface area contributed by atoms with Gasteiger partial charge in [-0.25, -0.2) is 0 Å². The first-order chi connectivity index (χ1) is 18.4. The third-order valence-electron chi connectivity index (χ3n) is 6.95. The van der Waals surface area contributed by atoms with Crippen molar-refractivity contribution >= 4 is 16.8 Å². The molecule has 1 heterocycles. The number of para-hydroxylation sites is 1. The Morgan fingerprint density at radius 1 is 1.00 bits per heavy atom.